The maximum absolute atomic E-state index is 14.5. The van der Waals surface area contributed by atoms with Crippen LogP contribution in [0.25, 0.3) is 0 Å². The molecule has 14 heteroatoms. The highest BCUT2D eigenvalue weighted by atomic mass is 35.5. The molecule has 0 radical (unpaired) electrons. The number of nitrogens with zero attached hydrogens (tertiary/aromatic N) is 1. The van der Waals surface area contributed by atoms with Crippen molar-refractivity contribution in [2.75, 3.05) is 12.3 Å². The molecule has 1 unspecified atom stereocenters. The zero-order valence-electron chi connectivity index (χ0n) is 21.0. The summed E-state index contributed by atoms with van der Waals surface area (Å²) in [7, 11) is 0. The maximum Gasteiger partial charge on any atom is 0.347 e. The molecule has 1 aliphatic heterocycles. The van der Waals surface area contributed by atoms with Crippen LogP contribution < -0.4 is 15.8 Å². The molecule has 1 heterocycles. The van der Waals surface area contributed by atoms with Gasteiger partial charge in [0, 0.05) is 49.0 Å². The van der Waals surface area contributed by atoms with Crippen LogP contribution in [-0.4, -0.2) is 57.1 Å². The lowest BCUT2D eigenvalue weighted by molar-refractivity contribution is -0.152. The first kappa shape index (κ1) is 32.2. The molecule has 0 aliphatic carbocycles. The fourth-order valence-corrected chi connectivity index (χ4v) is 4.86. The van der Waals surface area contributed by atoms with Gasteiger partial charge in [0.15, 0.2) is 22.6 Å². The monoisotopic (exact) mass is 593 g/mol. The lowest BCUT2D eigenvalue weighted by Crippen LogP contribution is -2.46. The fourth-order valence-electron chi connectivity index (χ4n) is 3.70. The van der Waals surface area contributed by atoms with Crippen LogP contribution in [0.5, 0.6) is 5.75 Å². The Morgan fingerprint density at radius 3 is 2.38 bits per heavy atom. The Morgan fingerprint density at radius 2 is 1.74 bits per heavy atom. The van der Waals surface area contributed by atoms with E-state index in [1.165, 1.54) is 42.6 Å². The van der Waals surface area contributed by atoms with Crippen molar-refractivity contribution in [3.05, 3.63) is 64.7 Å². The van der Waals surface area contributed by atoms with Gasteiger partial charge in [-0.1, -0.05) is 6.07 Å². The van der Waals surface area contributed by atoms with Gasteiger partial charge in [-0.15, -0.1) is 24.2 Å². The highest BCUT2D eigenvalue weighted by Gasteiger charge is 2.35. The van der Waals surface area contributed by atoms with Crippen LogP contribution in [0.1, 0.15) is 31.4 Å². The van der Waals surface area contributed by atoms with Gasteiger partial charge in [-0.05, 0) is 38.0 Å². The molecule has 0 saturated carbocycles. The molecule has 0 bridgehead atoms. The van der Waals surface area contributed by atoms with Crippen LogP contribution >= 0.6 is 24.2 Å². The van der Waals surface area contributed by atoms with Gasteiger partial charge in [0.1, 0.15) is 17.4 Å². The van der Waals surface area contributed by atoms with Crippen molar-refractivity contribution in [2.45, 2.75) is 50.3 Å². The zero-order valence-corrected chi connectivity index (χ0v) is 22.6. The van der Waals surface area contributed by atoms with E-state index in [2.05, 4.69) is 5.32 Å². The highest BCUT2D eigenvalue weighted by Crippen LogP contribution is 2.26. The van der Waals surface area contributed by atoms with Crippen molar-refractivity contribution in [1.82, 2.24) is 10.2 Å². The number of hydrogen-bond donors (Lipinski definition) is 3. The largest absolute Gasteiger partial charge is 0.478 e. The fraction of sp³-hybridized carbons (Fsp3) is 0.400. The number of amides is 2. The van der Waals surface area contributed by atoms with E-state index in [1.807, 2.05) is 0 Å². The summed E-state index contributed by atoms with van der Waals surface area (Å²) in [5.74, 6) is -6.00. The smallest absolute Gasteiger partial charge is 0.347 e. The first-order chi connectivity index (χ1) is 17.8. The number of carboxylic acids is 1. The first-order valence-electron chi connectivity index (χ1n) is 11.6. The van der Waals surface area contributed by atoms with E-state index in [0.29, 0.717) is 17.9 Å². The van der Waals surface area contributed by atoms with E-state index in [-0.39, 0.29) is 55.2 Å². The van der Waals surface area contributed by atoms with Gasteiger partial charge < -0.3 is 25.8 Å². The molecular formula is C25H28ClF4N3O5S. The van der Waals surface area contributed by atoms with Crippen molar-refractivity contribution in [3.8, 4) is 5.75 Å². The number of carbonyl (C=O) groups excluding carboxylic acids is 2. The number of ether oxygens (including phenoxy) is 1. The van der Waals surface area contributed by atoms with Crippen LogP contribution in [0, 0.1) is 23.3 Å². The van der Waals surface area contributed by atoms with Crippen molar-refractivity contribution < 1.29 is 41.8 Å². The molecule has 214 valence electrons. The number of hydrogen-bond acceptors (Lipinski definition) is 6. The average Bonchev–Trinajstić information content (AvgIpc) is 3.32. The summed E-state index contributed by atoms with van der Waals surface area (Å²) in [5, 5.41) is 10.8. The Balaban J connectivity index is 0.00000533. The second-order valence-corrected chi connectivity index (χ2v) is 10.4. The summed E-state index contributed by atoms with van der Waals surface area (Å²) >= 11 is 1.21. The second kappa shape index (κ2) is 13.4. The van der Waals surface area contributed by atoms with Gasteiger partial charge in [-0.2, -0.15) is 0 Å². The van der Waals surface area contributed by atoms with Gasteiger partial charge in [-0.25, -0.2) is 22.4 Å². The number of nitrogens with two attached hydrogens (primary N) is 1. The van der Waals surface area contributed by atoms with Crippen molar-refractivity contribution in [1.29, 1.82) is 0 Å². The standard InChI is InChI=1S/C25H27F4N3O5S.ClH/c1-25(2,24(35)36)37-16-4-3-13(17(26)10-16)12-31-22(34)23-32(5-6-38-23)21(33)9-15(30)7-14-8-19(28)20(29)11-18(14)27;/h3-4,8,10-11,15,23H,5-7,9,12,30H2,1-2H3,(H,31,34)(H,35,36);1H/t15-,23?;/m1./s1. The number of carbonyl (C=O) groups is 3. The SMILES string of the molecule is CC(C)(Oc1ccc(CNC(=O)C2SCCN2C(=O)C[C@H](N)Cc2cc(F)c(F)cc2F)c(F)c1)C(=O)O.Cl. The van der Waals surface area contributed by atoms with Gasteiger partial charge in [0.2, 0.25) is 5.91 Å². The number of carboxylic acid groups (broad SMARTS) is 1. The van der Waals surface area contributed by atoms with Crippen LogP contribution in [-0.2, 0) is 27.3 Å². The Morgan fingerprint density at radius 1 is 1.10 bits per heavy atom. The van der Waals surface area contributed by atoms with E-state index in [9.17, 15) is 31.9 Å². The van der Waals surface area contributed by atoms with Crippen LogP contribution in [0.4, 0.5) is 17.6 Å². The molecule has 39 heavy (non-hydrogen) atoms. The Bertz CT molecular complexity index is 1240. The van der Waals surface area contributed by atoms with Gasteiger partial charge in [0.05, 0.1) is 0 Å². The molecule has 0 spiro atoms. The lowest BCUT2D eigenvalue weighted by atomic mass is 10.0. The minimum Gasteiger partial charge on any atom is -0.478 e. The molecule has 4 N–H and O–H groups in total. The predicted molar refractivity (Wildman–Crippen MR) is 138 cm³/mol. The highest BCUT2D eigenvalue weighted by molar-refractivity contribution is 8.00. The Labute approximate surface area is 232 Å². The van der Waals surface area contributed by atoms with Crippen LogP contribution in [0.2, 0.25) is 0 Å². The molecule has 1 aliphatic rings. The van der Waals surface area contributed by atoms with Crippen molar-refractivity contribution in [2.24, 2.45) is 5.73 Å². The number of halogens is 5. The molecule has 3 rings (SSSR count). The molecule has 2 aromatic carbocycles. The number of benzene rings is 2. The molecule has 1 fully saturated rings. The van der Waals surface area contributed by atoms with E-state index in [1.54, 1.807) is 0 Å². The minimum atomic E-state index is -1.57. The molecule has 2 aromatic rings. The van der Waals surface area contributed by atoms with E-state index in [4.69, 9.17) is 15.6 Å². The van der Waals surface area contributed by atoms with Crippen molar-refractivity contribution >= 4 is 42.0 Å². The number of thioether (sulfide) groups is 1. The summed E-state index contributed by atoms with van der Waals surface area (Å²) in [6.45, 7) is 2.71. The van der Waals surface area contributed by atoms with Gasteiger partial charge >= 0.3 is 5.97 Å². The third kappa shape index (κ3) is 8.23. The number of nitrogens with one attached hydrogen (secondary N) is 1. The Hall–Kier alpha value is -3.03. The zero-order chi connectivity index (χ0) is 28.2. The quantitative estimate of drug-likeness (QED) is 0.285. The molecule has 8 nitrogen and oxygen atoms in total. The van der Waals surface area contributed by atoms with Crippen LogP contribution in [0.3, 0.4) is 0 Å². The molecule has 2 amide bonds. The first-order valence-corrected chi connectivity index (χ1v) is 12.6. The summed E-state index contributed by atoms with van der Waals surface area (Å²) in [4.78, 5) is 38.1. The molecular weight excluding hydrogens is 566 g/mol. The lowest BCUT2D eigenvalue weighted by Gasteiger charge is -2.25. The minimum absolute atomic E-state index is 0. The van der Waals surface area contributed by atoms with Crippen LogP contribution in [0.15, 0.2) is 30.3 Å². The summed E-state index contributed by atoms with van der Waals surface area (Å²) in [5.41, 5.74) is 4.34. The average molecular weight is 594 g/mol. The Kier molecular flexibility index (Phi) is 11.0. The predicted octanol–water partition coefficient (Wildman–Crippen LogP) is 3.38. The topological polar surface area (TPSA) is 122 Å². The third-order valence-corrected chi connectivity index (χ3v) is 7.01. The number of rotatable bonds is 10. The third-order valence-electron chi connectivity index (χ3n) is 5.81. The van der Waals surface area contributed by atoms with E-state index < -0.39 is 58.1 Å². The summed E-state index contributed by atoms with van der Waals surface area (Å²) < 4.78 is 60.3. The van der Waals surface area contributed by atoms with E-state index in [0.717, 1.165) is 6.07 Å². The molecule has 0 aromatic heterocycles. The van der Waals surface area contributed by atoms with Gasteiger partial charge in [-0.3, -0.25) is 9.59 Å². The second-order valence-electron chi connectivity index (χ2n) is 9.22. The normalized spacial score (nSPS) is 15.9. The van der Waals surface area contributed by atoms with Gasteiger partial charge in [0.25, 0.3) is 5.91 Å². The summed E-state index contributed by atoms with van der Waals surface area (Å²) in [6, 6.07) is 3.95. The summed E-state index contributed by atoms with van der Waals surface area (Å²) in [6.07, 6.45) is -0.471. The molecule has 2 atom stereocenters. The maximum atomic E-state index is 14.5. The number of aliphatic carboxylic acids is 1. The van der Waals surface area contributed by atoms with Crippen molar-refractivity contribution in [3.63, 3.8) is 0 Å². The molecule has 1 saturated heterocycles. The van der Waals surface area contributed by atoms with E-state index >= 15 is 0 Å².